The minimum absolute atomic E-state index is 0.504. The van der Waals surface area contributed by atoms with Gasteiger partial charge in [0.15, 0.2) is 5.65 Å². The lowest BCUT2D eigenvalue weighted by Gasteiger charge is -2.40. The monoisotopic (exact) mass is 510 g/mol. The SMILES string of the molecule is Nc1cccc(-n2c(C3CC3)cc3cnc(Nc4ccc(N5CCC(N6CCOCC6)CC5)cc4)nc32)n1. The Morgan fingerprint density at radius 1 is 0.895 bits per heavy atom. The van der Waals surface area contributed by atoms with E-state index < -0.39 is 0 Å². The number of fused-ring (bicyclic) bond motifs is 1. The molecular weight excluding hydrogens is 476 g/mol. The maximum atomic E-state index is 6.01. The average Bonchev–Trinajstić information content (AvgIpc) is 3.74. The van der Waals surface area contributed by atoms with Crippen molar-refractivity contribution in [3.63, 3.8) is 0 Å². The summed E-state index contributed by atoms with van der Waals surface area (Å²) >= 11 is 0. The molecule has 9 nitrogen and oxygen atoms in total. The molecule has 38 heavy (non-hydrogen) atoms. The largest absolute Gasteiger partial charge is 0.384 e. The molecule has 1 saturated carbocycles. The Kier molecular flexibility index (Phi) is 6.09. The lowest BCUT2D eigenvalue weighted by Crippen LogP contribution is -2.49. The van der Waals surface area contributed by atoms with Crippen LogP contribution in [0.1, 0.15) is 37.3 Å². The van der Waals surface area contributed by atoms with Crippen LogP contribution < -0.4 is 16.0 Å². The molecule has 0 amide bonds. The van der Waals surface area contributed by atoms with Gasteiger partial charge < -0.3 is 20.7 Å². The van der Waals surface area contributed by atoms with E-state index in [0.717, 1.165) is 61.9 Å². The summed E-state index contributed by atoms with van der Waals surface area (Å²) in [6.45, 7) is 6.07. The predicted octanol–water partition coefficient (Wildman–Crippen LogP) is 4.32. The maximum absolute atomic E-state index is 6.01. The van der Waals surface area contributed by atoms with E-state index in [9.17, 15) is 0 Å². The molecule has 0 radical (unpaired) electrons. The third-order valence-electron chi connectivity index (χ3n) is 8.07. The Labute approximate surface area is 222 Å². The van der Waals surface area contributed by atoms with Crippen molar-refractivity contribution >= 4 is 34.2 Å². The van der Waals surface area contributed by atoms with E-state index in [2.05, 4.69) is 60.0 Å². The van der Waals surface area contributed by atoms with Crippen LogP contribution in [0.2, 0.25) is 0 Å². The molecule has 3 fully saturated rings. The third-order valence-corrected chi connectivity index (χ3v) is 8.07. The molecule has 3 aromatic heterocycles. The van der Waals surface area contributed by atoms with Crippen LogP contribution >= 0.6 is 0 Å². The van der Waals surface area contributed by atoms with Crippen LogP contribution in [-0.4, -0.2) is 69.9 Å². The molecule has 2 aliphatic heterocycles. The number of pyridine rings is 1. The first-order valence-corrected chi connectivity index (χ1v) is 13.8. The molecule has 0 atom stereocenters. The van der Waals surface area contributed by atoms with Crippen LogP contribution in [0.25, 0.3) is 16.9 Å². The molecule has 7 rings (SSSR count). The molecule has 9 heteroatoms. The predicted molar refractivity (Wildman–Crippen MR) is 150 cm³/mol. The number of nitrogens with one attached hydrogen (secondary N) is 1. The van der Waals surface area contributed by atoms with Gasteiger partial charge >= 0.3 is 0 Å². The number of nitrogens with two attached hydrogens (primary N) is 1. The summed E-state index contributed by atoms with van der Waals surface area (Å²) in [5.74, 6) is 2.41. The zero-order chi connectivity index (χ0) is 25.5. The molecule has 3 aliphatic rings. The van der Waals surface area contributed by atoms with Crippen molar-refractivity contribution < 1.29 is 4.74 Å². The Hall–Kier alpha value is -3.69. The fourth-order valence-electron chi connectivity index (χ4n) is 5.87. The van der Waals surface area contributed by atoms with Gasteiger partial charge in [-0.2, -0.15) is 4.98 Å². The molecule has 1 aliphatic carbocycles. The fourth-order valence-corrected chi connectivity index (χ4v) is 5.87. The molecule has 4 aromatic rings. The van der Waals surface area contributed by atoms with Crippen molar-refractivity contribution in [2.24, 2.45) is 0 Å². The number of rotatable bonds is 6. The zero-order valence-corrected chi connectivity index (χ0v) is 21.6. The van der Waals surface area contributed by atoms with E-state index in [4.69, 9.17) is 15.5 Å². The second-order valence-electron chi connectivity index (χ2n) is 10.6. The van der Waals surface area contributed by atoms with Gasteiger partial charge in [-0.1, -0.05) is 6.07 Å². The molecule has 2 saturated heterocycles. The number of aromatic nitrogens is 4. The molecule has 0 spiro atoms. The Morgan fingerprint density at radius 3 is 2.42 bits per heavy atom. The summed E-state index contributed by atoms with van der Waals surface area (Å²) in [7, 11) is 0. The van der Waals surface area contributed by atoms with Crippen LogP contribution in [0.3, 0.4) is 0 Å². The highest BCUT2D eigenvalue weighted by Gasteiger charge is 2.30. The number of hydrogen-bond donors (Lipinski definition) is 2. The highest BCUT2D eigenvalue weighted by Crippen LogP contribution is 2.43. The standard InChI is InChI=1S/C29H34N8O/c30-26-2-1-3-27(33-26)37-25(20-4-5-20)18-21-19-31-29(34-28(21)37)32-22-6-8-23(9-7-22)35-12-10-24(11-13-35)36-14-16-38-17-15-36/h1-3,6-9,18-20,24H,4-5,10-17H2,(H2,30,33)(H,31,32,34). The van der Waals surface area contributed by atoms with Gasteiger partial charge in [-0.05, 0) is 74.1 Å². The number of benzene rings is 1. The topological polar surface area (TPSA) is 97.4 Å². The normalized spacial score (nSPS) is 19.2. The summed E-state index contributed by atoms with van der Waals surface area (Å²) < 4.78 is 7.66. The van der Waals surface area contributed by atoms with Crippen molar-refractivity contribution in [1.82, 2.24) is 24.4 Å². The van der Waals surface area contributed by atoms with Crippen LogP contribution in [0.15, 0.2) is 54.7 Å². The van der Waals surface area contributed by atoms with Crippen molar-refractivity contribution in [3.8, 4) is 5.82 Å². The van der Waals surface area contributed by atoms with Crippen LogP contribution in [-0.2, 0) is 4.74 Å². The van der Waals surface area contributed by atoms with E-state index >= 15 is 0 Å². The minimum Gasteiger partial charge on any atom is -0.384 e. The van der Waals surface area contributed by atoms with E-state index in [1.54, 1.807) is 0 Å². The van der Waals surface area contributed by atoms with Crippen molar-refractivity contribution in [2.75, 3.05) is 55.3 Å². The number of nitrogen functional groups attached to an aromatic ring is 1. The molecule has 5 heterocycles. The second-order valence-corrected chi connectivity index (χ2v) is 10.6. The van der Waals surface area contributed by atoms with Gasteiger partial charge in [0.05, 0.1) is 13.2 Å². The van der Waals surface area contributed by atoms with Crippen LogP contribution in [0.5, 0.6) is 0 Å². The molecule has 0 bridgehead atoms. The Balaban J connectivity index is 1.07. The summed E-state index contributed by atoms with van der Waals surface area (Å²) in [4.78, 5) is 19.2. The quantitative estimate of drug-likeness (QED) is 0.396. The zero-order valence-electron chi connectivity index (χ0n) is 21.6. The summed E-state index contributed by atoms with van der Waals surface area (Å²) in [6.07, 6.45) is 6.69. The number of hydrogen-bond acceptors (Lipinski definition) is 8. The molecule has 196 valence electrons. The van der Waals surface area contributed by atoms with E-state index in [0.29, 0.717) is 23.7 Å². The minimum atomic E-state index is 0.504. The van der Waals surface area contributed by atoms with Gasteiger partial charge in [-0.3, -0.25) is 9.47 Å². The smallest absolute Gasteiger partial charge is 0.229 e. The lowest BCUT2D eigenvalue weighted by molar-refractivity contribution is 0.0115. The summed E-state index contributed by atoms with van der Waals surface area (Å²) in [5.41, 5.74) is 10.3. The lowest BCUT2D eigenvalue weighted by atomic mass is 10.0. The molecule has 1 aromatic carbocycles. The molecule has 0 unspecified atom stereocenters. The maximum Gasteiger partial charge on any atom is 0.229 e. The van der Waals surface area contributed by atoms with Gasteiger partial charge in [-0.25, -0.2) is 9.97 Å². The highest BCUT2D eigenvalue weighted by molar-refractivity contribution is 5.80. The van der Waals surface area contributed by atoms with Crippen molar-refractivity contribution in [2.45, 2.75) is 37.6 Å². The third kappa shape index (κ3) is 4.68. The Bertz CT molecular complexity index is 1420. The van der Waals surface area contributed by atoms with Gasteiger partial charge in [0, 0.05) is 60.9 Å². The highest BCUT2D eigenvalue weighted by atomic mass is 16.5. The van der Waals surface area contributed by atoms with Gasteiger partial charge in [0.25, 0.3) is 0 Å². The molecule has 3 N–H and O–H groups in total. The van der Waals surface area contributed by atoms with Crippen molar-refractivity contribution in [3.05, 3.63) is 60.4 Å². The van der Waals surface area contributed by atoms with Gasteiger partial charge in [0.1, 0.15) is 11.6 Å². The van der Waals surface area contributed by atoms with E-state index in [1.165, 1.54) is 37.1 Å². The van der Waals surface area contributed by atoms with Gasteiger partial charge in [0.2, 0.25) is 5.95 Å². The molecular formula is C29H34N8O. The van der Waals surface area contributed by atoms with Crippen molar-refractivity contribution in [1.29, 1.82) is 0 Å². The van der Waals surface area contributed by atoms with Crippen LogP contribution in [0, 0.1) is 0 Å². The first-order valence-electron chi connectivity index (χ1n) is 13.8. The number of nitrogens with zero attached hydrogens (tertiary/aromatic N) is 6. The average molecular weight is 511 g/mol. The number of anilines is 4. The Morgan fingerprint density at radius 2 is 1.68 bits per heavy atom. The van der Waals surface area contributed by atoms with E-state index in [1.807, 2.05) is 24.4 Å². The fraction of sp³-hybridized carbons (Fsp3) is 0.414. The summed E-state index contributed by atoms with van der Waals surface area (Å²) in [6, 6.07) is 17.2. The second kappa shape index (κ2) is 9.89. The summed E-state index contributed by atoms with van der Waals surface area (Å²) in [5, 5.41) is 4.41. The first-order chi connectivity index (χ1) is 18.7. The first kappa shape index (κ1) is 23.4. The number of ether oxygens (including phenoxy) is 1. The van der Waals surface area contributed by atoms with E-state index in [-0.39, 0.29) is 0 Å². The number of piperidine rings is 1. The van der Waals surface area contributed by atoms with Crippen LogP contribution in [0.4, 0.5) is 23.1 Å². The number of morpholine rings is 1. The van der Waals surface area contributed by atoms with Gasteiger partial charge in [-0.15, -0.1) is 0 Å².